The van der Waals surface area contributed by atoms with Crippen molar-refractivity contribution in [2.45, 2.75) is 27.2 Å². The van der Waals surface area contributed by atoms with Crippen molar-refractivity contribution >= 4 is 11.6 Å². The van der Waals surface area contributed by atoms with Gasteiger partial charge in [0, 0.05) is 18.1 Å². The molecule has 0 aliphatic heterocycles. The van der Waals surface area contributed by atoms with Crippen molar-refractivity contribution in [2.75, 3.05) is 13.1 Å². The van der Waals surface area contributed by atoms with E-state index >= 15 is 0 Å². The molecule has 11 heavy (non-hydrogen) atoms. The van der Waals surface area contributed by atoms with E-state index < -0.39 is 0 Å². The van der Waals surface area contributed by atoms with E-state index in [4.69, 9.17) is 11.6 Å². The maximum Gasteiger partial charge on any atom is 0.0307 e. The molecule has 0 fully saturated rings. The molecule has 0 atom stereocenters. The SMILES string of the molecule is C=C(Cl)CNCC(C)(C)CC. The molecule has 1 N–H and O–H groups in total. The van der Waals surface area contributed by atoms with E-state index in [1.807, 2.05) is 0 Å². The molecule has 2 heteroatoms. The fourth-order valence-electron chi connectivity index (χ4n) is 0.662. The van der Waals surface area contributed by atoms with Crippen LogP contribution < -0.4 is 5.32 Å². The third-order valence-electron chi connectivity index (χ3n) is 1.88. The molecule has 0 aromatic rings. The Morgan fingerprint density at radius 1 is 1.55 bits per heavy atom. The molecule has 66 valence electrons. The van der Waals surface area contributed by atoms with Gasteiger partial charge in [0.1, 0.15) is 0 Å². The Morgan fingerprint density at radius 2 is 2.09 bits per heavy atom. The van der Waals surface area contributed by atoms with Crippen molar-refractivity contribution in [1.29, 1.82) is 0 Å². The summed E-state index contributed by atoms with van der Waals surface area (Å²) in [5, 5.41) is 3.92. The van der Waals surface area contributed by atoms with Crippen LogP contribution in [0.2, 0.25) is 0 Å². The molecule has 0 spiro atoms. The standard InChI is InChI=1S/C9H18ClN/c1-5-9(3,4)7-11-6-8(2)10/h11H,2,5-7H2,1,3-4H3. The summed E-state index contributed by atoms with van der Waals surface area (Å²) < 4.78 is 0. The van der Waals surface area contributed by atoms with Crippen LogP contribution in [-0.4, -0.2) is 13.1 Å². The summed E-state index contributed by atoms with van der Waals surface area (Å²) >= 11 is 5.59. The monoisotopic (exact) mass is 175 g/mol. The highest BCUT2D eigenvalue weighted by Gasteiger charge is 2.13. The number of hydrogen-bond donors (Lipinski definition) is 1. The van der Waals surface area contributed by atoms with Crippen LogP contribution in [0.4, 0.5) is 0 Å². The minimum atomic E-state index is 0.367. The lowest BCUT2D eigenvalue weighted by atomic mass is 9.90. The second kappa shape index (κ2) is 4.78. The Kier molecular flexibility index (Phi) is 4.78. The molecular weight excluding hydrogens is 158 g/mol. The van der Waals surface area contributed by atoms with E-state index in [-0.39, 0.29) is 0 Å². The number of halogens is 1. The van der Waals surface area contributed by atoms with Gasteiger partial charge in [-0.1, -0.05) is 39.0 Å². The van der Waals surface area contributed by atoms with E-state index in [0.29, 0.717) is 17.0 Å². The van der Waals surface area contributed by atoms with Gasteiger partial charge in [-0.15, -0.1) is 0 Å². The van der Waals surface area contributed by atoms with Crippen molar-refractivity contribution in [3.05, 3.63) is 11.6 Å². The molecule has 1 nitrogen and oxygen atoms in total. The lowest BCUT2D eigenvalue weighted by molar-refractivity contribution is 0.334. The third-order valence-corrected chi connectivity index (χ3v) is 2.01. The summed E-state index contributed by atoms with van der Waals surface area (Å²) in [6, 6.07) is 0. The first-order chi connectivity index (χ1) is 4.98. The zero-order chi connectivity index (χ0) is 8.91. The molecule has 0 aliphatic rings. The van der Waals surface area contributed by atoms with Crippen LogP contribution in [0, 0.1) is 5.41 Å². The van der Waals surface area contributed by atoms with Crippen LogP contribution >= 0.6 is 11.6 Å². The van der Waals surface area contributed by atoms with Crippen LogP contribution in [0.3, 0.4) is 0 Å². The summed E-state index contributed by atoms with van der Waals surface area (Å²) in [5.41, 5.74) is 0.367. The zero-order valence-electron chi connectivity index (χ0n) is 7.71. The first-order valence-electron chi connectivity index (χ1n) is 4.02. The van der Waals surface area contributed by atoms with E-state index in [1.54, 1.807) is 0 Å². The predicted molar refractivity (Wildman–Crippen MR) is 51.9 cm³/mol. The summed E-state index contributed by atoms with van der Waals surface area (Å²) in [4.78, 5) is 0. The van der Waals surface area contributed by atoms with E-state index in [1.165, 1.54) is 6.42 Å². The van der Waals surface area contributed by atoms with Gasteiger partial charge in [-0.05, 0) is 11.8 Å². The van der Waals surface area contributed by atoms with Gasteiger partial charge < -0.3 is 5.32 Å². The quantitative estimate of drug-likeness (QED) is 0.678. The average molecular weight is 176 g/mol. The van der Waals surface area contributed by atoms with Crippen LogP contribution in [0.15, 0.2) is 11.6 Å². The molecule has 0 rings (SSSR count). The lowest BCUT2D eigenvalue weighted by Gasteiger charge is -2.22. The van der Waals surface area contributed by atoms with Crippen molar-refractivity contribution in [3.8, 4) is 0 Å². The molecule has 0 aromatic carbocycles. The second-order valence-electron chi connectivity index (χ2n) is 3.64. The van der Waals surface area contributed by atoms with Gasteiger partial charge in [-0.25, -0.2) is 0 Å². The Balaban J connectivity index is 3.45. The highest BCUT2D eigenvalue weighted by atomic mass is 35.5. The fourth-order valence-corrected chi connectivity index (χ4v) is 0.756. The van der Waals surface area contributed by atoms with Gasteiger partial charge in [0.2, 0.25) is 0 Å². The highest BCUT2D eigenvalue weighted by molar-refractivity contribution is 6.29. The minimum Gasteiger partial charge on any atom is -0.311 e. The van der Waals surface area contributed by atoms with Crippen LogP contribution in [0.25, 0.3) is 0 Å². The Hall–Kier alpha value is -0.0100. The summed E-state index contributed by atoms with van der Waals surface area (Å²) in [6.45, 7) is 12.0. The Labute approximate surface area is 74.8 Å². The van der Waals surface area contributed by atoms with Crippen molar-refractivity contribution in [2.24, 2.45) is 5.41 Å². The van der Waals surface area contributed by atoms with Crippen LogP contribution in [0.1, 0.15) is 27.2 Å². The van der Waals surface area contributed by atoms with Gasteiger partial charge in [-0.3, -0.25) is 0 Å². The van der Waals surface area contributed by atoms with Gasteiger partial charge in [-0.2, -0.15) is 0 Å². The van der Waals surface area contributed by atoms with Crippen molar-refractivity contribution < 1.29 is 0 Å². The molecule has 0 bridgehead atoms. The third kappa shape index (κ3) is 6.39. The number of nitrogens with one attached hydrogen (secondary N) is 1. The molecule has 0 radical (unpaired) electrons. The highest BCUT2D eigenvalue weighted by Crippen LogP contribution is 2.17. The number of rotatable bonds is 5. The second-order valence-corrected chi connectivity index (χ2v) is 4.17. The van der Waals surface area contributed by atoms with E-state index in [9.17, 15) is 0 Å². The van der Waals surface area contributed by atoms with Crippen LogP contribution in [-0.2, 0) is 0 Å². The normalized spacial score (nSPS) is 11.6. The molecule has 0 heterocycles. The summed E-state index contributed by atoms with van der Waals surface area (Å²) in [5.74, 6) is 0. The molecular formula is C9H18ClN. The minimum absolute atomic E-state index is 0.367. The summed E-state index contributed by atoms with van der Waals surface area (Å²) in [6.07, 6.45) is 1.18. The smallest absolute Gasteiger partial charge is 0.0307 e. The topological polar surface area (TPSA) is 12.0 Å². The Morgan fingerprint density at radius 3 is 2.45 bits per heavy atom. The zero-order valence-corrected chi connectivity index (χ0v) is 8.46. The molecule has 0 aromatic heterocycles. The van der Waals surface area contributed by atoms with Crippen LogP contribution in [0.5, 0.6) is 0 Å². The molecule has 0 unspecified atom stereocenters. The van der Waals surface area contributed by atoms with Gasteiger partial charge >= 0.3 is 0 Å². The summed E-state index contributed by atoms with van der Waals surface area (Å²) in [7, 11) is 0. The van der Waals surface area contributed by atoms with Gasteiger partial charge in [0.25, 0.3) is 0 Å². The molecule has 0 amide bonds. The first kappa shape index (κ1) is 11.0. The average Bonchev–Trinajstić information content (AvgIpc) is 1.87. The van der Waals surface area contributed by atoms with Gasteiger partial charge in [0.15, 0.2) is 0 Å². The Bertz CT molecular complexity index is 130. The maximum absolute atomic E-state index is 5.59. The maximum atomic E-state index is 5.59. The van der Waals surface area contributed by atoms with Crippen molar-refractivity contribution in [1.82, 2.24) is 5.32 Å². The molecule has 0 saturated heterocycles. The van der Waals surface area contributed by atoms with Gasteiger partial charge in [0.05, 0.1) is 0 Å². The van der Waals surface area contributed by atoms with E-state index in [2.05, 4.69) is 32.7 Å². The fraction of sp³-hybridized carbons (Fsp3) is 0.778. The van der Waals surface area contributed by atoms with Crippen molar-refractivity contribution in [3.63, 3.8) is 0 Å². The lowest BCUT2D eigenvalue weighted by Crippen LogP contribution is -2.29. The molecule has 0 aliphatic carbocycles. The molecule has 0 saturated carbocycles. The van der Waals surface area contributed by atoms with E-state index in [0.717, 1.165) is 6.54 Å². The predicted octanol–water partition coefficient (Wildman–Crippen LogP) is 2.76. The first-order valence-corrected chi connectivity index (χ1v) is 4.40. The number of hydrogen-bond acceptors (Lipinski definition) is 1. The largest absolute Gasteiger partial charge is 0.311 e.